The monoisotopic (exact) mass is 259 g/mol. The van der Waals surface area contributed by atoms with Gasteiger partial charge in [0.1, 0.15) is 22.3 Å². The van der Waals surface area contributed by atoms with E-state index < -0.39 is 39.3 Å². The highest BCUT2D eigenvalue weighted by atomic mass is 32.2. The molecule has 8 heteroatoms. The molecule has 1 aromatic rings. The number of benzene rings is 1. The van der Waals surface area contributed by atoms with Crippen molar-refractivity contribution in [1.82, 2.24) is 0 Å². The van der Waals surface area contributed by atoms with Gasteiger partial charge < -0.3 is 5.73 Å². The standard InChI is InChI=1S/C8H6F5NOS/c9-5-1-4(14)2-6(10)7(5)16(15)3-8(11,12)13/h1-2H,3,14H2. The maximum absolute atomic E-state index is 13.1. The van der Waals surface area contributed by atoms with Crippen molar-refractivity contribution < 1.29 is 26.2 Å². The Kier molecular flexibility index (Phi) is 3.51. The topological polar surface area (TPSA) is 43.1 Å². The molecule has 0 aromatic heterocycles. The first kappa shape index (κ1) is 12.9. The molecule has 0 bridgehead atoms. The highest BCUT2D eigenvalue weighted by molar-refractivity contribution is 7.85. The van der Waals surface area contributed by atoms with Crippen LogP contribution in [0.25, 0.3) is 0 Å². The van der Waals surface area contributed by atoms with E-state index in [1.165, 1.54) is 0 Å². The number of nitrogens with two attached hydrogens (primary N) is 1. The first-order chi connectivity index (χ1) is 7.20. The van der Waals surface area contributed by atoms with Gasteiger partial charge in [0.15, 0.2) is 0 Å². The Morgan fingerprint density at radius 3 is 2.00 bits per heavy atom. The first-order valence-corrected chi connectivity index (χ1v) is 5.22. The number of hydrogen-bond acceptors (Lipinski definition) is 2. The second-order valence-electron chi connectivity index (χ2n) is 2.92. The number of hydrogen-bond donors (Lipinski definition) is 1. The molecule has 0 heterocycles. The molecule has 16 heavy (non-hydrogen) atoms. The van der Waals surface area contributed by atoms with E-state index in [4.69, 9.17) is 5.73 Å². The van der Waals surface area contributed by atoms with Gasteiger partial charge in [0, 0.05) is 5.69 Å². The molecule has 1 atom stereocenters. The third kappa shape index (κ3) is 3.16. The molecule has 0 amide bonds. The second-order valence-corrected chi connectivity index (χ2v) is 4.31. The molecule has 0 spiro atoms. The number of alkyl halides is 3. The van der Waals surface area contributed by atoms with Crippen LogP contribution in [-0.2, 0) is 10.8 Å². The van der Waals surface area contributed by atoms with Gasteiger partial charge in [-0.05, 0) is 12.1 Å². The summed E-state index contributed by atoms with van der Waals surface area (Å²) < 4.78 is 72.8. The van der Waals surface area contributed by atoms with Crippen LogP contribution in [0.3, 0.4) is 0 Å². The number of nitrogen functional groups attached to an aromatic ring is 1. The van der Waals surface area contributed by atoms with E-state index in [1.807, 2.05) is 0 Å². The van der Waals surface area contributed by atoms with Gasteiger partial charge in [-0.3, -0.25) is 4.21 Å². The largest absolute Gasteiger partial charge is 0.400 e. The fourth-order valence-electron chi connectivity index (χ4n) is 1.02. The van der Waals surface area contributed by atoms with E-state index in [1.54, 1.807) is 0 Å². The minimum Gasteiger partial charge on any atom is -0.399 e. The predicted molar refractivity (Wildman–Crippen MR) is 48.1 cm³/mol. The highest BCUT2D eigenvalue weighted by Gasteiger charge is 2.33. The lowest BCUT2D eigenvalue weighted by Crippen LogP contribution is -2.20. The quantitative estimate of drug-likeness (QED) is 0.653. The molecule has 1 rings (SSSR count). The van der Waals surface area contributed by atoms with E-state index in [2.05, 4.69) is 0 Å². The van der Waals surface area contributed by atoms with Crippen LogP contribution in [0.5, 0.6) is 0 Å². The smallest absolute Gasteiger partial charge is 0.399 e. The summed E-state index contributed by atoms with van der Waals surface area (Å²) in [6.07, 6.45) is -4.76. The van der Waals surface area contributed by atoms with Crippen LogP contribution < -0.4 is 5.73 Å². The molecular weight excluding hydrogens is 253 g/mol. The summed E-state index contributed by atoms with van der Waals surface area (Å²) in [7, 11) is -2.81. The SMILES string of the molecule is Nc1cc(F)c(S(=O)CC(F)(F)F)c(F)c1. The Balaban J connectivity index is 3.10. The Bertz CT molecular complexity index is 408. The predicted octanol–water partition coefficient (Wildman–Crippen LogP) is 2.22. The van der Waals surface area contributed by atoms with E-state index in [9.17, 15) is 26.2 Å². The number of anilines is 1. The summed E-state index contributed by atoms with van der Waals surface area (Å²) in [6, 6.07) is 1.24. The van der Waals surface area contributed by atoms with Crippen LogP contribution in [-0.4, -0.2) is 16.1 Å². The zero-order chi connectivity index (χ0) is 12.5. The molecule has 2 N–H and O–H groups in total. The zero-order valence-corrected chi connectivity index (χ0v) is 8.46. The van der Waals surface area contributed by atoms with Crippen molar-refractivity contribution in [3.05, 3.63) is 23.8 Å². The molecule has 2 nitrogen and oxygen atoms in total. The molecular formula is C8H6F5NOS. The maximum Gasteiger partial charge on any atom is 0.400 e. The Morgan fingerprint density at radius 2 is 1.62 bits per heavy atom. The Hall–Kier alpha value is -1.18. The van der Waals surface area contributed by atoms with E-state index >= 15 is 0 Å². The summed E-state index contributed by atoms with van der Waals surface area (Å²) >= 11 is 0. The van der Waals surface area contributed by atoms with Crippen LogP contribution in [0.4, 0.5) is 27.6 Å². The summed E-state index contributed by atoms with van der Waals surface area (Å²) in [5.41, 5.74) is 4.77. The average molecular weight is 259 g/mol. The molecule has 0 aliphatic carbocycles. The van der Waals surface area contributed by atoms with Gasteiger partial charge in [-0.25, -0.2) is 8.78 Å². The average Bonchev–Trinajstić information content (AvgIpc) is 1.96. The van der Waals surface area contributed by atoms with Gasteiger partial charge in [0.25, 0.3) is 0 Å². The molecule has 0 fully saturated rings. The summed E-state index contributed by atoms with van der Waals surface area (Å²) in [4.78, 5) is -1.11. The van der Waals surface area contributed by atoms with Crippen molar-refractivity contribution in [2.75, 3.05) is 11.5 Å². The second kappa shape index (κ2) is 4.36. The normalized spacial score (nSPS) is 13.8. The van der Waals surface area contributed by atoms with Crippen molar-refractivity contribution in [2.45, 2.75) is 11.1 Å². The number of halogens is 5. The lowest BCUT2D eigenvalue weighted by molar-refractivity contribution is -0.105. The maximum atomic E-state index is 13.1. The molecule has 1 unspecified atom stereocenters. The lowest BCUT2D eigenvalue weighted by atomic mass is 10.3. The van der Waals surface area contributed by atoms with Gasteiger partial charge >= 0.3 is 6.18 Å². The van der Waals surface area contributed by atoms with Gasteiger partial charge in [-0.2, -0.15) is 13.2 Å². The first-order valence-electron chi connectivity index (χ1n) is 3.90. The van der Waals surface area contributed by atoms with Gasteiger partial charge in [0.2, 0.25) is 0 Å². The van der Waals surface area contributed by atoms with E-state index in [0.717, 1.165) is 0 Å². The van der Waals surface area contributed by atoms with Crippen molar-refractivity contribution in [1.29, 1.82) is 0 Å². The summed E-state index contributed by atoms with van der Waals surface area (Å²) in [5, 5.41) is 0. The Morgan fingerprint density at radius 1 is 1.19 bits per heavy atom. The molecule has 0 saturated carbocycles. The molecule has 0 aliphatic rings. The van der Waals surface area contributed by atoms with Crippen LogP contribution in [0, 0.1) is 11.6 Å². The molecule has 0 aliphatic heterocycles. The van der Waals surface area contributed by atoms with Crippen molar-refractivity contribution in [3.8, 4) is 0 Å². The molecule has 90 valence electrons. The van der Waals surface area contributed by atoms with Crippen LogP contribution >= 0.6 is 0 Å². The van der Waals surface area contributed by atoms with Crippen LogP contribution in [0.1, 0.15) is 0 Å². The lowest BCUT2D eigenvalue weighted by Gasteiger charge is -2.08. The van der Waals surface area contributed by atoms with Gasteiger partial charge in [0.05, 0.1) is 10.8 Å². The highest BCUT2D eigenvalue weighted by Crippen LogP contribution is 2.24. The van der Waals surface area contributed by atoms with E-state index in [0.29, 0.717) is 12.1 Å². The van der Waals surface area contributed by atoms with Crippen molar-refractivity contribution >= 4 is 16.5 Å². The minimum atomic E-state index is -4.76. The minimum absolute atomic E-state index is 0.289. The summed E-state index contributed by atoms with van der Waals surface area (Å²) in [6.45, 7) is 0. The fourth-order valence-corrected chi connectivity index (χ4v) is 2.01. The van der Waals surface area contributed by atoms with Crippen molar-refractivity contribution in [3.63, 3.8) is 0 Å². The third-order valence-corrected chi connectivity index (χ3v) is 2.98. The fraction of sp³-hybridized carbons (Fsp3) is 0.250. The number of rotatable bonds is 2. The zero-order valence-electron chi connectivity index (χ0n) is 7.65. The molecule has 0 radical (unpaired) electrons. The Labute approximate surface area is 89.7 Å². The van der Waals surface area contributed by atoms with Gasteiger partial charge in [-0.15, -0.1) is 0 Å². The molecule has 0 saturated heterocycles. The van der Waals surface area contributed by atoms with Gasteiger partial charge in [-0.1, -0.05) is 0 Å². The van der Waals surface area contributed by atoms with Crippen LogP contribution in [0.2, 0.25) is 0 Å². The van der Waals surface area contributed by atoms with Crippen LogP contribution in [0.15, 0.2) is 17.0 Å². The summed E-state index contributed by atoms with van der Waals surface area (Å²) in [5.74, 6) is -4.50. The third-order valence-electron chi connectivity index (χ3n) is 1.54. The molecule has 1 aromatic carbocycles. The van der Waals surface area contributed by atoms with E-state index in [-0.39, 0.29) is 5.69 Å². The van der Waals surface area contributed by atoms with Crippen molar-refractivity contribution in [2.24, 2.45) is 0 Å².